The molecule has 0 bridgehead atoms. The van der Waals surface area contributed by atoms with Gasteiger partial charge in [-0.1, -0.05) is 18.2 Å². The number of nitrogens with two attached hydrogens (primary N) is 1. The number of methoxy groups -OCH3 is 1. The van der Waals surface area contributed by atoms with Crippen molar-refractivity contribution in [1.29, 1.82) is 0 Å². The highest BCUT2D eigenvalue weighted by atomic mass is 16.6. The molecule has 1 fully saturated rings. The maximum Gasteiger partial charge on any atom is 0.351 e. The molecule has 2 unspecified atom stereocenters. The van der Waals surface area contributed by atoms with Crippen LogP contribution in [-0.4, -0.2) is 52.5 Å². The lowest BCUT2D eigenvalue weighted by Crippen LogP contribution is -2.38. The molecule has 4 N–H and O–H groups in total. The van der Waals surface area contributed by atoms with Gasteiger partial charge in [0, 0.05) is 25.4 Å². The zero-order valence-electron chi connectivity index (χ0n) is 14.1. The number of nitrogens with zero attached hydrogens (tertiary/aromatic N) is 2. The Morgan fingerprint density at radius 2 is 2.12 bits per heavy atom. The minimum absolute atomic E-state index is 0.0882. The molecule has 0 spiro atoms. The predicted molar refractivity (Wildman–Crippen MR) is 92.7 cm³/mol. The molecular weight excluding hydrogens is 340 g/mol. The molecule has 2 aromatic rings. The van der Waals surface area contributed by atoms with Crippen LogP contribution < -0.4 is 16.7 Å². The molecule has 1 saturated heterocycles. The number of rotatable bonds is 5. The van der Waals surface area contributed by atoms with Crippen LogP contribution in [0.4, 0.5) is 5.82 Å². The van der Waals surface area contributed by atoms with Crippen LogP contribution in [0.25, 0.3) is 0 Å². The number of hydrogen-bond acceptors (Lipinski definition) is 7. The Morgan fingerprint density at radius 1 is 1.38 bits per heavy atom. The van der Waals surface area contributed by atoms with Crippen LogP contribution in [0.15, 0.2) is 47.4 Å². The molecule has 9 nitrogen and oxygen atoms in total. The standard InChI is InChI=1S/C17H20N4O5/c1-25-14-13(22)11(9-18)26-16(14)21-8-7-12(20-17(21)24)19-15(23)10-5-3-2-4-6-10/h2-8,11,13-14,16,22H,9,18H2,1H3,(H,19,20,23,24)/t11-,13?,14?,16-/m1/s1. The Morgan fingerprint density at radius 3 is 2.73 bits per heavy atom. The average molecular weight is 360 g/mol. The van der Waals surface area contributed by atoms with E-state index in [0.717, 1.165) is 0 Å². The minimum atomic E-state index is -0.959. The predicted octanol–water partition coefficient (Wildman–Crippen LogP) is -0.272. The Hall–Kier alpha value is -2.59. The van der Waals surface area contributed by atoms with E-state index in [4.69, 9.17) is 15.2 Å². The molecule has 138 valence electrons. The summed E-state index contributed by atoms with van der Waals surface area (Å²) in [6.07, 6.45) is -1.79. The summed E-state index contributed by atoms with van der Waals surface area (Å²) in [7, 11) is 1.41. The zero-order chi connectivity index (χ0) is 18.7. The summed E-state index contributed by atoms with van der Waals surface area (Å²) < 4.78 is 12.1. The number of aliphatic hydroxyl groups is 1. The molecule has 2 heterocycles. The van der Waals surface area contributed by atoms with E-state index < -0.39 is 30.2 Å². The molecule has 0 saturated carbocycles. The van der Waals surface area contributed by atoms with Gasteiger partial charge in [-0.25, -0.2) is 4.79 Å². The number of aliphatic hydroxyl groups excluding tert-OH is 1. The van der Waals surface area contributed by atoms with E-state index in [-0.39, 0.29) is 18.3 Å². The summed E-state index contributed by atoms with van der Waals surface area (Å²) in [4.78, 5) is 28.4. The second-order valence-corrected chi connectivity index (χ2v) is 5.81. The zero-order valence-corrected chi connectivity index (χ0v) is 14.1. The first kappa shape index (κ1) is 18.2. The fourth-order valence-corrected chi connectivity index (χ4v) is 2.85. The number of anilines is 1. The van der Waals surface area contributed by atoms with E-state index >= 15 is 0 Å². The molecule has 1 amide bonds. The quantitative estimate of drug-likeness (QED) is 0.669. The van der Waals surface area contributed by atoms with Crippen LogP contribution in [0, 0.1) is 0 Å². The Bertz CT molecular complexity index is 825. The molecule has 0 aliphatic carbocycles. The van der Waals surface area contributed by atoms with Crippen molar-refractivity contribution >= 4 is 11.7 Å². The summed E-state index contributed by atoms with van der Waals surface area (Å²) in [5, 5.41) is 12.7. The molecule has 1 aliphatic rings. The number of benzene rings is 1. The van der Waals surface area contributed by atoms with Crippen LogP contribution in [0.2, 0.25) is 0 Å². The van der Waals surface area contributed by atoms with Gasteiger partial charge in [0.2, 0.25) is 0 Å². The average Bonchev–Trinajstić information content (AvgIpc) is 2.98. The van der Waals surface area contributed by atoms with E-state index in [0.29, 0.717) is 5.56 Å². The summed E-state index contributed by atoms with van der Waals surface area (Å²) in [6.45, 7) is 0.0882. The van der Waals surface area contributed by atoms with Crippen LogP contribution in [0.1, 0.15) is 16.6 Å². The lowest BCUT2D eigenvalue weighted by atomic mass is 10.1. The third kappa shape index (κ3) is 3.51. The van der Waals surface area contributed by atoms with Crippen LogP contribution >= 0.6 is 0 Å². The van der Waals surface area contributed by atoms with Crippen LogP contribution in [0.3, 0.4) is 0 Å². The van der Waals surface area contributed by atoms with Gasteiger partial charge >= 0.3 is 5.69 Å². The van der Waals surface area contributed by atoms with Gasteiger partial charge < -0.3 is 25.6 Å². The number of carbonyl (C=O) groups is 1. The topological polar surface area (TPSA) is 129 Å². The minimum Gasteiger partial charge on any atom is -0.387 e. The monoisotopic (exact) mass is 360 g/mol. The van der Waals surface area contributed by atoms with Gasteiger partial charge in [0.1, 0.15) is 24.1 Å². The summed E-state index contributed by atoms with van der Waals surface area (Å²) >= 11 is 0. The third-order valence-corrected chi connectivity index (χ3v) is 4.20. The van der Waals surface area contributed by atoms with Crippen LogP contribution in [-0.2, 0) is 9.47 Å². The maximum atomic E-state index is 12.4. The molecule has 4 atom stereocenters. The highest BCUT2D eigenvalue weighted by Gasteiger charge is 2.44. The Balaban J connectivity index is 1.80. The first-order chi connectivity index (χ1) is 12.5. The van der Waals surface area contributed by atoms with E-state index in [9.17, 15) is 14.7 Å². The van der Waals surface area contributed by atoms with Crippen LogP contribution in [0.5, 0.6) is 0 Å². The summed E-state index contributed by atoms with van der Waals surface area (Å²) in [6, 6.07) is 10.1. The highest BCUT2D eigenvalue weighted by Crippen LogP contribution is 2.30. The van der Waals surface area contributed by atoms with Crippen molar-refractivity contribution < 1.29 is 19.4 Å². The number of hydrogen-bond donors (Lipinski definition) is 3. The molecule has 1 aromatic heterocycles. The molecule has 3 rings (SSSR count). The van der Waals surface area contributed by atoms with E-state index in [1.54, 1.807) is 30.3 Å². The highest BCUT2D eigenvalue weighted by molar-refractivity contribution is 6.03. The normalized spacial score (nSPS) is 25.2. The second-order valence-electron chi connectivity index (χ2n) is 5.81. The third-order valence-electron chi connectivity index (χ3n) is 4.20. The van der Waals surface area contributed by atoms with E-state index in [1.807, 2.05) is 0 Å². The fourth-order valence-electron chi connectivity index (χ4n) is 2.85. The van der Waals surface area contributed by atoms with Crippen molar-refractivity contribution in [3.63, 3.8) is 0 Å². The van der Waals surface area contributed by atoms with Crippen molar-refractivity contribution in [2.75, 3.05) is 19.0 Å². The Kier molecular flexibility index (Phi) is 5.43. The van der Waals surface area contributed by atoms with Crippen molar-refractivity contribution in [3.05, 3.63) is 58.6 Å². The fraction of sp³-hybridized carbons (Fsp3) is 0.353. The van der Waals surface area contributed by atoms with Gasteiger partial charge in [-0.3, -0.25) is 9.36 Å². The van der Waals surface area contributed by atoms with E-state index in [2.05, 4.69) is 10.3 Å². The SMILES string of the molecule is COC1C(O)[C@@H](CN)O[C@H]1n1ccc(NC(=O)c2ccccc2)nc1=O. The van der Waals surface area contributed by atoms with Crippen molar-refractivity contribution in [3.8, 4) is 0 Å². The number of nitrogens with one attached hydrogen (secondary N) is 1. The number of aromatic nitrogens is 2. The lowest BCUT2D eigenvalue weighted by Gasteiger charge is -2.20. The summed E-state index contributed by atoms with van der Waals surface area (Å²) in [5.41, 5.74) is 5.37. The summed E-state index contributed by atoms with van der Waals surface area (Å²) in [5.74, 6) is -0.260. The van der Waals surface area contributed by atoms with Crippen molar-refractivity contribution in [2.45, 2.75) is 24.5 Å². The molecule has 26 heavy (non-hydrogen) atoms. The van der Waals surface area contributed by atoms with Gasteiger partial charge in [-0.2, -0.15) is 4.98 Å². The number of ether oxygens (including phenoxy) is 2. The molecular formula is C17H20N4O5. The first-order valence-electron chi connectivity index (χ1n) is 8.07. The smallest absolute Gasteiger partial charge is 0.351 e. The molecule has 1 aromatic carbocycles. The molecule has 9 heteroatoms. The van der Waals surface area contributed by atoms with Gasteiger partial charge in [0.15, 0.2) is 6.23 Å². The van der Waals surface area contributed by atoms with Gasteiger partial charge in [0.05, 0.1) is 0 Å². The van der Waals surface area contributed by atoms with Gasteiger partial charge in [-0.15, -0.1) is 0 Å². The van der Waals surface area contributed by atoms with Gasteiger partial charge in [0.25, 0.3) is 5.91 Å². The number of carbonyl (C=O) groups excluding carboxylic acids is 1. The van der Waals surface area contributed by atoms with Crippen molar-refractivity contribution in [2.24, 2.45) is 5.73 Å². The first-order valence-corrected chi connectivity index (χ1v) is 8.07. The van der Waals surface area contributed by atoms with Crippen molar-refractivity contribution in [1.82, 2.24) is 9.55 Å². The Labute approximate surface area is 149 Å². The van der Waals surface area contributed by atoms with Gasteiger partial charge in [-0.05, 0) is 18.2 Å². The number of amides is 1. The second kappa shape index (κ2) is 7.75. The lowest BCUT2D eigenvalue weighted by molar-refractivity contribution is -0.0525. The largest absolute Gasteiger partial charge is 0.387 e. The molecule has 1 aliphatic heterocycles. The molecule has 0 radical (unpaired) electrons. The van der Waals surface area contributed by atoms with E-state index in [1.165, 1.54) is 23.9 Å². The maximum absolute atomic E-state index is 12.4.